The first kappa shape index (κ1) is 74.4. The second-order valence-corrected chi connectivity index (χ2v) is 28.5. The van der Waals surface area contributed by atoms with Gasteiger partial charge in [-0.25, -0.2) is 20.7 Å². The summed E-state index contributed by atoms with van der Waals surface area (Å²) in [6.45, 7) is 19.1. The van der Waals surface area contributed by atoms with E-state index < -0.39 is 57.7 Å². The number of nitrogens with zero attached hydrogens (tertiary/aromatic N) is 6. The van der Waals surface area contributed by atoms with Crippen LogP contribution in [-0.4, -0.2) is 181 Å². The van der Waals surface area contributed by atoms with Crippen molar-refractivity contribution in [2.45, 2.75) is 156 Å². The number of aliphatic hydroxyl groups is 4. The van der Waals surface area contributed by atoms with Gasteiger partial charge in [0.1, 0.15) is 54.7 Å². The Morgan fingerprint density at radius 2 is 1.12 bits per heavy atom. The quantitative estimate of drug-likeness (QED) is 0.0196. The molecule has 25 heteroatoms. The molecule has 0 radical (unpaired) electrons. The van der Waals surface area contributed by atoms with Crippen molar-refractivity contribution in [1.82, 2.24) is 5.01 Å². The Hall–Kier alpha value is -7.81. The van der Waals surface area contributed by atoms with Crippen molar-refractivity contribution in [3.8, 4) is 0 Å². The minimum atomic E-state index is -1.19. The number of ketones is 1. The maximum absolute atomic E-state index is 13.8. The molecule has 12 rings (SSSR count). The van der Waals surface area contributed by atoms with Crippen LogP contribution in [0.3, 0.4) is 0 Å². The summed E-state index contributed by atoms with van der Waals surface area (Å²) in [6, 6.07) is 15.2. The molecule has 2 aromatic carbocycles. The molecule has 0 spiro atoms. The number of anilines is 2. The molecule has 1 amide bonds. The molecule has 98 heavy (non-hydrogen) atoms. The zero-order valence-electron chi connectivity index (χ0n) is 58.7. The van der Waals surface area contributed by atoms with Gasteiger partial charge in [0.15, 0.2) is 30.5 Å². The Kier molecular flexibility index (Phi) is 23.4. The lowest BCUT2D eigenvalue weighted by molar-refractivity contribution is -0.154. The number of nitrogens with two attached hydrogens (primary N) is 2. The van der Waals surface area contributed by atoms with Crippen LogP contribution in [0.2, 0.25) is 0 Å². The van der Waals surface area contributed by atoms with Crippen LogP contribution in [0.25, 0.3) is 0 Å². The predicted molar refractivity (Wildman–Crippen MR) is 370 cm³/mol. The van der Waals surface area contributed by atoms with Gasteiger partial charge in [-0.05, 0) is 137 Å². The van der Waals surface area contributed by atoms with Crippen LogP contribution in [0.15, 0.2) is 122 Å². The number of Topliss-reactive ketones (excluding diaryl/α,β-unsaturated/α-hetero) is 1. The predicted octanol–water partition coefficient (Wildman–Crippen LogP) is 8.08. The van der Waals surface area contributed by atoms with Crippen LogP contribution < -0.4 is 16.9 Å². The zero-order chi connectivity index (χ0) is 71.1. The lowest BCUT2D eigenvalue weighted by atomic mass is 9.46. The third kappa shape index (κ3) is 14.8. The van der Waals surface area contributed by atoms with E-state index in [0.717, 1.165) is 49.1 Å². The van der Waals surface area contributed by atoms with E-state index >= 15 is 0 Å². The van der Waals surface area contributed by atoms with E-state index in [-0.39, 0.29) is 112 Å². The van der Waals surface area contributed by atoms with Crippen molar-refractivity contribution >= 4 is 64.1 Å². The Bertz CT molecular complexity index is 3510. The highest BCUT2D eigenvalue weighted by Gasteiger charge is 2.76. The number of carbonyl (C=O) groups is 4. The zero-order valence-corrected chi connectivity index (χ0v) is 58.7. The molecule has 0 unspecified atom stereocenters. The average molecular weight is 1360 g/mol. The topological polar surface area (TPSA) is 352 Å². The number of aliphatic hydroxyl groups excluding tert-OH is 4. The van der Waals surface area contributed by atoms with Gasteiger partial charge in [0.25, 0.3) is 0 Å². The number of allylic oxidation sites excluding steroid dienone is 8. The minimum Gasteiger partial charge on any atom is -0.475 e. The summed E-state index contributed by atoms with van der Waals surface area (Å²) >= 11 is 0. The van der Waals surface area contributed by atoms with Crippen molar-refractivity contribution in [3.05, 3.63) is 107 Å². The summed E-state index contributed by atoms with van der Waals surface area (Å²) < 4.78 is 28.4. The van der Waals surface area contributed by atoms with Crippen molar-refractivity contribution in [2.24, 2.45) is 88.5 Å². The van der Waals surface area contributed by atoms with Gasteiger partial charge in [0, 0.05) is 86.7 Å². The smallest absolute Gasteiger partial charge is 0.411 e. The standard InChI is InChI=1S/C35H43N3O8.C29H42N4O6.C7H9N.C2H7NO2/c1-20-6-9-24(10-7-20)36-32(42)43-14-15-45-38-25-12-13-33(4)23(16-25)8-11-26-27-17-30-35(37-21(2)46-30,29(41)19-44-22(3)39)34(27,5)18-28(40)31(26)33;1-17-30-29(24(31-33(5)6)16-37-18(2)35)25(39-17)14-22-21-8-7-19-13-20(32-38-12-11-34)9-10-27(19,3)26(21)23(36)15-28(22,29)4;1-6-2-4-7(8)5-3-6;3-5-2-1-4/h6-7,9-10,12-13,16,26-28,30-31,40H,8,11,14-15,17-19H2,1-5H3,(H,36,42);9-10,13,21-23,25-26,34,36H,7-8,11-12,14-16H2,1-6H3;2-5H,8H2,1H3;4H,1-3H2/b38-25+;31-24-,32-20+;;/t26-,27-,28-,30+,31+,33-,34-,35+;21-,22-,23-,25+,26+,27-,28-,29+;;/m00../s1. The van der Waals surface area contributed by atoms with Gasteiger partial charge in [-0.15, -0.1) is 0 Å². The number of aliphatic imine (C=N–C) groups is 2. The Morgan fingerprint density at radius 3 is 1.59 bits per heavy atom. The summed E-state index contributed by atoms with van der Waals surface area (Å²) in [6.07, 6.45) is 15.7. The highest BCUT2D eigenvalue weighted by Crippen LogP contribution is 2.71. The average Bonchev–Trinajstić information content (AvgIpc) is 1.49. The fourth-order valence-electron chi connectivity index (χ4n) is 18.3. The number of esters is 2. The Labute approximate surface area is 574 Å². The molecule has 0 aromatic heterocycles. The van der Waals surface area contributed by atoms with Gasteiger partial charge >= 0.3 is 18.0 Å². The third-order valence-corrected chi connectivity index (χ3v) is 22.2. The lowest BCUT2D eigenvalue weighted by Gasteiger charge is -2.59. The van der Waals surface area contributed by atoms with Gasteiger partial charge in [-0.2, -0.15) is 5.10 Å². The number of amides is 1. The van der Waals surface area contributed by atoms with Crippen LogP contribution >= 0.6 is 0 Å². The first-order valence-electron chi connectivity index (χ1n) is 34.0. The van der Waals surface area contributed by atoms with Crippen LogP contribution in [0, 0.1) is 71.0 Å². The number of carbonyl (C=O) groups excluding carboxylic acids is 4. The van der Waals surface area contributed by atoms with Crippen molar-refractivity contribution < 1.29 is 77.8 Å². The number of nitrogen functional groups attached to an aromatic ring is 1. The number of hydrogen-bond acceptors (Lipinski definition) is 24. The van der Waals surface area contributed by atoms with Gasteiger partial charge in [-0.3, -0.25) is 19.7 Å². The molecule has 0 bridgehead atoms. The molecule has 2 heterocycles. The van der Waals surface area contributed by atoms with E-state index in [2.05, 4.69) is 72.3 Å². The van der Waals surface area contributed by atoms with Gasteiger partial charge in [0.2, 0.25) is 5.78 Å². The lowest BCUT2D eigenvalue weighted by Crippen LogP contribution is -2.62. The summed E-state index contributed by atoms with van der Waals surface area (Å²) in [5.41, 5.74) is 9.95. The first-order chi connectivity index (χ1) is 46.5. The number of aryl methyl sites for hydroxylation is 2. The van der Waals surface area contributed by atoms with Crippen LogP contribution in [0.5, 0.6) is 0 Å². The minimum absolute atomic E-state index is 0.00347. The molecule has 6 saturated carbocycles. The Morgan fingerprint density at radius 1 is 0.653 bits per heavy atom. The van der Waals surface area contributed by atoms with Gasteiger partial charge < -0.3 is 69.4 Å². The molecule has 2 aromatic rings. The molecule has 534 valence electrons. The fraction of sp³-hybridized carbons (Fsp3) is 0.603. The fourth-order valence-corrected chi connectivity index (χ4v) is 18.3. The molecular weight excluding hydrogens is 1260 g/mol. The van der Waals surface area contributed by atoms with E-state index in [9.17, 15) is 29.4 Å². The van der Waals surface area contributed by atoms with E-state index in [1.165, 1.54) is 30.6 Å². The van der Waals surface area contributed by atoms with Crippen molar-refractivity contribution in [1.29, 1.82) is 0 Å². The maximum atomic E-state index is 13.8. The van der Waals surface area contributed by atoms with Crippen molar-refractivity contribution in [3.63, 3.8) is 0 Å². The number of benzene rings is 2. The number of oxime groups is 2. The Balaban J connectivity index is 0.000000195. The van der Waals surface area contributed by atoms with Gasteiger partial charge in [0.05, 0.1) is 32.0 Å². The largest absolute Gasteiger partial charge is 0.475 e. The molecule has 16 atom stereocenters. The van der Waals surface area contributed by atoms with E-state index in [1.54, 1.807) is 11.9 Å². The summed E-state index contributed by atoms with van der Waals surface area (Å²) in [5.74, 6) is 5.10. The number of hydrogen-bond donors (Lipinski definition) is 7. The molecule has 0 saturated heterocycles. The molecule has 25 nitrogen and oxygen atoms in total. The number of hydrazone groups is 1. The summed E-state index contributed by atoms with van der Waals surface area (Å²) in [7, 11) is 3.70. The highest BCUT2D eigenvalue weighted by atomic mass is 16.6. The molecule has 6 fully saturated rings. The molecule has 10 aliphatic rings. The number of fused-ring (bicyclic) bond motifs is 14. The third-order valence-electron chi connectivity index (χ3n) is 22.2. The second-order valence-electron chi connectivity index (χ2n) is 28.5. The maximum Gasteiger partial charge on any atom is 0.411 e. The van der Waals surface area contributed by atoms with Crippen LogP contribution in [0.4, 0.5) is 16.2 Å². The molecular formula is C73H101N9O16. The summed E-state index contributed by atoms with van der Waals surface area (Å²) in [5, 5.41) is 58.4. The van der Waals surface area contributed by atoms with Crippen LogP contribution in [0.1, 0.15) is 118 Å². The van der Waals surface area contributed by atoms with E-state index in [1.807, 2.05) is 102 Å². The highest BCUT2D eigenvalue weighted by molar-refractivity contribution is 6.06. The SMILES string of the molecule is CC(=O)OC/C(=N/N(C)C)[C@@]12N=C(C)O[C@@H]1C[C@H]1[C@@H]3CCC4=C/C(=N/OCCO)C=C[C@]4(C)[C@H]3[C@@H](O)C[C@@]12C.CC(=O)OCC(=O)[C@@]12N=C(C)O[C@@H]1C[C@H]1[C@@H]3CCC4=C/C(=N/OCCOC(=O)Nc5ccc(C)cc5)C=C[C@]4(C)[C@H]3[C@@H](O)C[C@@]12C.Cc1ccc(N)cc1.NOCCO. The number of rotatable bonds is 17. The van der Waals surface area contributed by atoms with Crippen molar-refractivity contribution in [2.75, 3.05) is 78.0 Å². The monoisotopic (exact) mass is 1360 g/mol. The second kappa shape index (κ2) is 30.8. The molecule has 9 N–H and O–H groups in total. The van der Waals surface area contributed by atoms with Crippen LogP contribution in [-0.2, 0) is 52.6 Å². The van der Waals surface area contributed by atoms with E-state index in [4.69, 9.17) is 64.4 Å². The molecule has 2 aliphatic heterocycles. The van der Waals surface area contributed by atoms with Gasteiger partial charge in [-0.1, -0.05) is 96.7 Å². The number of ether oxygens (including phenoxy) is 5. The summed E-state index contributed by atoms with van der Waals surface area (Å²) in [4.78, 5) is 73.8. The number of nitrogens with one attached hydrogen (secondary N) is 1. The molecule has 8 aliphatic carbocycles. The normalized spacial score (nSPS) is 34.7. The first-order valence-corrected chi connectivity index (χ1v) is 34.0. The van der Waals surface area contributed by atoms with E-state index in [0.29, 0.717) is 48.2 Å².